The van der Waals surface area contributed by atoms with E-state index in [0.717, 1.165) is 19.4 Å². The van der Waals surface area contributed by atoms with Crippen LogP contribution < -0.4 is 15.4 Å². The molecule has 2 aromatic carbocycles. The third kappa shape index (κ3) is 5.54. The summed E-state index contributed by atoms with van der Waals surface area (Å²) < 4.78 is 5.52. The van der Waals surface area contributed by atoms with Crippen molar-refractivity contribution in [3.05, 3.63) is 78.0 Å². The average Bonchev–Trinajstić information content (AvgIpc) is 2.74. The third-order valence-electron chi connectivity index (χ3n) is 4.12. The number of ether oxygens (including phenoxy) is 1. The molecule has 0 saturated heterocycles. The lowest BCUT2D eigenvalue weighted by molar-refractivity contribution is 0.102. The highest BCUT2D eigenvalue weighted by molar-refractivity contribution is 6.03. The molecule has 6 nitrogen and oxygen atoms in total. The molecule has 28 heavy (non-hydrogen) atoms. The molecule has 3 aromatic rings. The lowest BCUT2D eigenvalue weighted by atomic mass is 10.1. The molecule has 1 heterocycles. The van der Waals surface area contributed by atoms with E-state index in [4.69, 9.17) is 4.74 Å². The van der Waals surface area contributed by atoms with Crippen molar-refractivity contribution in [1.29, 1.82) is 0 Å². The van der Waals surface area contributed by atoms with Crippen molar-refractivity contribution in [2.24, 2.45) is 0 Å². The molecule has 1 aromatic heterocycles. The normalized spacial score (nSPS) is 10.3. The smallest absolute Gasteiger partial charge is 0.276 e. The molecule has 0 aliphatic rings. The van der Waals surface area contributed by atoms with Gasteiger partial charge in [0.2, 0.25) is 0 Å². The highest BCUT2D eigenvalue weighted by atomic mass is 16.5. The lowest BCUT2D eigenvalue weighted by Gasteiger charge is -2.11. The molecule has 0 aliphatic heterocycles. The summed E-state index contributed by atoms with van der Waals surface area (Å²) in [6.45, 7) is 3.21. The largest absolute Gasteiger partial charge is 0.492 e. The van der Waals surface area contributed by atoms with Crippen molar-refractivity contribution in [1.82, 2.24) is 10.2 Å². The zero-order chi connectivity index (χ0) is 19.6. The quantitative estimate of drug-likeness (QED) is 0.548. The Balaban J connectivity index is 1.50. The summed E-state index contributed by atoms with van der Waals surface area (Å²) in [5, 5.41) is 14.2. The van der Waals surface area contributed by atoms with Crippen molar-refractivity contribution in [2.75, 3.05) is 23.8 Å². The second-order valence-corrected chi connectivity index (χ2v) is 6.20. The van der Waals surface area contributed by atoms with Crippen molar-refractivity contribution >= 4 is 17.4 Å². The summed E-state index contributed by atoms with van der Waals surface area (Å²) in [6.07, 6.45) is 1.99. The van der Waals surface area contributed by atoms with E-state index < -0.39 is 0 Å². The second kappa shape index (κ2) is 10.1. The predicted molar refractivity (Wildman–Crippen MR) is 111 cm³/mol. The van der Waals surface area contributed by atoms with Gasteiger partial charge >= 0.3 is 0 Å². The molecule has 1 amide bonds. The lowest BCUT2D eigenvalue weighted by Crippen LogP contribution is -2.16. The molecule has 0 radical (unpaired) electrons. The Bertz CT molecular complexity index is 883. The van der Waals surface area contributed by atoms with Gasteiger partial charge in [-0.1, -0.05) is 42.5 Å². The summed E-state index contributed by atoms with van der Waals surface area (Å²) in [4.78, 5) is 12.4. The fraction of sp³-hybridized carbons (Fsp3) is 0.227. The van der Waals surface area contributed by atoms with Gasteiger partial charge in [0.1, 0.15) is 11.6 Å². The van der Waals surface area contributed by atoms with Crippen LogP contribution in [0.4, 0.5) is 11.5 Å². The summed E-state index contributed by atoms with van der Waals surface area (Å²) >= 11 is 0. The standard InChI is InChI=1S/C22H24N4O2/c1-2-28-20-13-7-6-12-18(20)24-22(27)19-14-15-21(26-25-19)23-16-8-11-17-9-4-3-5-10-17/h3-7,9-10,12-15H,2,8,11,16H2,1H3,(H,23,26)(H,24,27). The van der Waals surface area contributed by atoms with Crippen LogP contribution in [0.3, 0.4) is 0 Å². The molecule has 0 unspecified atom stereocenters. The Morgan fingerprint density at radius 3 is 2.50 bits per heavy atom. The van der Waals surface area contributed by atoms with Crippen LogP contribution in [0.2, 0.25) is 0 Å². The molecule has 0 aliphatic carbocycles. The monoisotopic (exact) mass is 376 g/mol. The molecule has 6 heteroatoms. The highest BCUT2D eigenvalue weighted by Gasteiger charge is 2.11. The molecule has 3 rings (SSSR count). The van der Waals surface area contributed by atoms with Crippen LogP contribution in [0, 0.1) is 0 Å². The van der Waals surface area contributed by atoms with Crippen molar-refractivity contribution in [3.8, 4) is 5.75 Å². The maximum Gasteiger partial charge on any atom is 0.276 e. The Labute approximate surface area is 165 Å². The number of benzene rings is 2. The maximum absolute atomic E-state index is 12.4. The van der Waals surface area contributed by atoms with Crippen molar-refractivity contribution in [3.63, 3.8) is 0 Å². The van der Waals surface area contributed by atoms with Crippen LogP contribution in [0.5, 0.6) is 5.75 Å². The van der Waals surface area contributed by atoms with Gasteiger partial charge in [-0.15, -0.1) is 10.2 Å². The van der Waals surface area contributed by atoms with Gasteiger partial charge < -0.3 is 15.4 Å². The number of hydrogen-bond acceptors (Lipinski definition) is 5. The first-order chi connectivity index (χ1) is 13.8. The van der Waals surface area contributed by atoms with Crippen LogP contribution in [-0.2, 0) is 6.42 Å². The van der Waals surface area contributed by atoms with E-state index in [-0.39, 0.29) is 11.6 Å². The Hall–Kier alpha value is -3.41. The summed E-state index contributed by atoms with van der Waals surface area (Å²) in [5.74, 6) is 0.956. The Morgan fingerprint density at radius 2 is 1.75 bits per heavy atom. The van der Waals surface area contributed by atoms with E-state index in [1.165, 1.54) is 5.56 Å². The molecule has 0 atom stereocenters. The van der Waals surface area contributed by atoms with Gasteiger partial charge in [-0.3, -0.25) is 4.79 Å². The molecule has 0 bridgehead atoms. The molecular formula is C22H24N4O2. The summed E-state index contributed by atoms with van der Waals surface area (Å²) in [7, 11) is 0. The minimum Gasteiger partial charge on any atom is -0.492 e. The van der Waals surface area contributed by atoms with E-state index in [2.05, 4.69) is 33.0 Å². The Kier molecular flexibility index (Phi) is 6.95. The van der Waals surface area contributed by atoms with Gasteiger partial charge in [0.05, 0.1) is 12.3 Å². The molecule has 144 valence electrons. The number of nitrogens with zero attached hydrogens (tertiary/aromatic N) is 2. The zero-order valence-corrected chi connectivity index (χ0v) is 15.9. The predicted octanol–water partition coefficient (Wildman–Crippen LogP) is 4.17. The van der Waals surface area contributed by atoms with Gasteiger partial charge in [0.15, 0.2) is 5.69 Å². The first kappa shape index (κ1) is 19.4. The number of rotatable bonds is 9. The van der Waals surface area contributed by atoms with E-state index in [9.17, 15) is 4.79 Å². The molecule has 0 saturated carbocycles. The zero-order valence-electron chi connectivity index (χ0n) is 15.9. The number of anilines is 2. The molecule has 2 N–H and O–H groups in total. The highest BCUT2D eigenvalue weighted by Crippen LogP contribution is 2.24. The minimum atomic E-state index is -0.324. The van der Waals surface area contributed by atoms with Crippen LogP contribution in [0.1, 0.15) is 29.4 Å². The van der Waals surface area contributed by atoms with E-state index in [1.807, 2.05) is 43.3 Å². The first-order valence-electron chi connectivity index (χ1n) is 9.41. The molecule has 0 spiro atoms. The van der Waals surface area contributed by atoms with Gasteiger partial charge in [-0.25, -0.2) is 0 Å². The molecule has 0 fully saturated rings. The topological polar surface area (TPSA) is 76.1 Å². The number of aromatic nitrogens is 2. The van der Waals surface area contributed by atoms with Gasteiger partial charge in [-0.05, 0) is 49.6 Å². The number of aryl methyl sites for hydroxylation is 1. The SMILES string of the molecule is CCOc1ccccc1NC(=O)c1ccc(NCCCc2ccccc2)nn1. The van der Waals surface area contributed by atoms with Gasteiger partial charge in [0.25, 0.3) is 5.91 Å². The van der Waals surface area contributed by atoms with Crippen molar-refractivity contribution < 1.29 is 9.53 Å². The number of amides is 1. The average molecular weight is 376 g/mol. The number of para-hydroxylation sites is 2. The number of carbonyl (C=O) groups is 1. The van der Waals surface area contributed by atoms with Crippen LogP contribution in [0.25, 0.3) is 0 Å². The fourth-order valence-electron chi connectivity index (χ4n) is 2.74. The second-order valence-electron chi connectivity index (χ2n) is 6.20. The Morgan fingerprint density at radius 1 is 0.964 bits per heavy atom. The van der Waals surface area contributed by atoms with E-state index in [0.29, 0.717) is 23.9 Å². The minimum absolute atomic E-state index is 0.251. The summed E-state index contributed by atoms with van der Waals surface area (Å²) in [6, 6.07) is 21.1. The van der Waals surface area contributed by atoms with E-state index >= 15 is 0 Å². The fourth-order valence-corrected chi connectivity index (χ4v) is 2.74. The van der Waals surface area contributed by atoms with Gasteiger partial charge in [-0.2, -0.15) is 0 Å². The van der Waals surface area contributed by atoms with Crippen LogP contribution in [0.15, 0.2) is 66.7 Å². The summed E-state index contributed by atoms with van der Waals surface area (Å²) in [5.41, 5.74) is 2.18. The van der Waals surface area contributed by atoms with Crippen molar-refractivity contribution in [2.45, 2.75) is 19.8 Å². The number of hydrogen-bond donors (Lipinski definition) is 2. The van der Waals surface area contributed by atoms with Crippen LogP contribution in [-0.4, -0.2) is 29.3 Å². The van der Waals surface area contributed by atoms with E-state index in [1.54, 1.807) is 18.2 Å². The van der Waals surface area contributed by atoms with Gasteiger partial charge in [0, 0.05) is 6.54 Å². The maximum atomic E-state index is 12.4. The first-order valence-corrected chi connectivity index (χ1v) is 9.41. The van der Waals surface area contributed by atoms with Crippen LogP contribution >= 0.6 is 0 Å². The number of nitrogens with one attached hydrogen (secondary N) is 2. The molecular weight excluding hydrogens is 352 g/mol. The third-order valence-corrected chi connectivity index (χ3v) is 4.12. The number of carbonyl (C=O) groups excluding carboxylic acids is 1.